The molecule has 1 N–H and O–H groups in total. The number of hydrogen-bond donors (Lipinski definition) is 1. The van der Waals surface area contributed by atoms with Crippen LogP contribution >= 0.6 is 23.2 Å². The van der Waals surface area contributed by atoms with Crippen molar-refractivity contribution in [2.45, 2.75) is 19.5 Å². The lowest BCUT2D eigenvalue weighted by Gasteiger charge is -2.16. The van der Waals surface area contributed by atoms with Gasteiger partial charge in [0.15, 0.2) is 0 Å². The minimum atomic E-state index is -0.370. The average Bonchev–Trinajstić information content (AvgIpc) is 2.57. The van der Waals surface area contributed by atoms with Gasteiger partial charge in [-0.2, -0.15) is 0 Å². The van der Waals surface area contributed by atoms with Crippen molar-refractivity contribution >= 4 is 40.0 Å². The zero-order valence-corrected chi connectivity index (χ0v) is 14.8. The minimum absolute atomic E-state index is 0.230. The molecule has 2 aromatic carbocycles. The van der Waals surface area contributed by atoms with E-state index in [1.807, 2.05) is 0 Å². The van der Waals surface area contributed by atoms with Crippen molar-refractivity contribution in [2.24, 2.45) is 0 Å². The average molecular weight is 377 g/mol. The molecule has 0 aliphatic heterocycles. The fraction of sp³-hybridized carbons (Fsp3) is 0.176. The Labute approximate surface area is 153 Å². The van der Waals surface area contributed by atoms with Gasteiger partial charge < -0.3 is 5.32 Å². The molecule has 0 fully saturated rings. The molecule has 1 aromatic heterocycles. The number of hydrogen-bond acceptors (Lipinski definition) is 4. The number of benzene rings is 2. The van der Waals surface area contributed by atoms with Crippen molar-refractivity contribution in [3.63, 3.8) is 0 Å². The first-order chi connectivity index (χ1) is 12.0. The van der Waals surface area contributed by atoms with Gasteiger partial charge in [-0.1, -0.05) is 46.6 Å². The Bertz CT molecular complexity index is 1000. The first kappa shape index (κ1) is 17.4. The van der Waals surface area contributed by atoms with Gasteiger partial charge in [-0.3, -0.25) is 9.59 Å². The van der Waals surface area contributed by atoms with Crippen LogP contribution in [0.2, 0.25) is 10.0 Å². The summed E-state index contributed by atoms with van der Waals surface area (Å²) < 4.78 is 1.04. The number of nitrogens with zero attached hydrogens (tertiary/aromatic N) is 3. The van der Waals surface area contributed by atoms with Crippen LogP contribution in [0.3, 0.4) is 0 Å². The third kappa shape index (κ3) is 3.81. The molecule has 6 nitrogen and oxygen atoms in total. The van der Waals surface area contributed by atoms with E-state index < -0.39 is 0 Å². The summed E-state index contributed by atoms with van der Waals surface area (Å²) in [5.74, 6) is -0.370. The highest BCUT2D eigenvalue weighted by molar-refractivity contribution is 6.35. The zero-order chi connectivity index (χ0) is 18.0. The van der Waals surface area contributed by atoms with Gasteiger partial charge in [-0.05, 0) is 36.8 Å². The third-order valence-corrected chi connectivity index (χ3v) is 4.29. The lowest BCUT2D eigenvalue weighted by molar-refractivity contribution is -0.122. The van der Waals surface area contributed by atoms with Crippen LogP contribution in [0.5, 0.6) is 0 Å². The van der Waals surface area contributed by atoms with Crippen molar-refractivity contribution in [1.82, 2.24) is 20.3 Å². The highest BCUT2D eigenvalue weighted by Gasteiger charge is 2.15. The number of fused-ring (bicyclic) bond motifs is 1. The molecular weight excluding hydrogens is 363 g/mol. The molecule has 0 saturated carbocycles. The third-order valence-electron chi connectivity index (χ3n) is 3.73. The van der Waals surface area contributed by atoms with Crippen LogP contribution in [0.4, 0.5) is 0 Å². The van der Waals surface area contributed by atoms with Crippen molar-refractivity contribution in [1.29, 1.82) is 0 Å². The summed E-state index contributed by atoms with van der Waals surface area (Å²) in [6.45, 7) is 1.56. The van der Waals surface area contributed by atoms with E-state index in [1.54, 1.807) is 49.4 Å². The standard InChI is InChI=1S/C17H14Cl2N4O2/c1-10(12-7-6-11(18)8-14(12)19)20-16(24)9-23-17(25)13-4-2-3-5-15(13)21-22-23/h2-8,10H,9H2,1H3,(H,20,24)/t10-/m1/s1. The topological polar surface area (TPSA) is 76.9 Å². The summed E-state index contributed by atoms with van der Waals surface area (Å²) in [4.78, 5) is 24.6. The second kappa shape index (κ2) is 7.21. The van der Waals surface area contributed by atoms with E-state index in [0.717, 1.165) is 10.2 Å². The van der Waals surface area contributed by atoms with E-state index in [4.69, 9.17) is 23.2 Å². The quantitative estimate of drug-likeness (QED) is 0.759. The highest BCUT2D eigenvalue weighted by Crippen LogP contribution is 2.25. The fourth-order valence-electron chi connectivity index (χ4n) is 2.48. The molecule has 1 atom stereocenters. The lowest BCUT2D eigenvalue weighted by Crippen LogP contribution is -2.35. The SMILES string of the molecule is C[C@@H](NC(=O)Cn1nnc2ccccc2c1=O)c1ccc(Cl)cc1Cl. The summed E-state index contributed by atoms with van der Waals surface area (Å²) in [5.41, 5.74) is 0.861. The summed E-state index contributed by atoms with van der Waals surface area (Å²) in [6, 6.07) is 11.6. The normalized spacial score (nSPS) is 12.1. The highest BCUT2D eigenvalue weighted by atomic mass is 35.5. The molecule has 128 valence electrons. The van der Waals surface area contributed by atoms with Crippen LogP contribution in [0.25, 0.3) is 10.9 Å². The van der Waals surface area contributed by atoms with Gasteiger partial charge in [0, 0.05) is 10.0 Å². The Morgan fingerprint density at radius 2 is 2.00 bits per heavy atom. The van der Waals surface area contributed by atoms with Gasteiger partial charge in [0.1, 0.15) is 12.1 Å². The maximum atomic E-state index is 12.4. The van der Waals surface area contributed by atoms with E-state index in [0.29, 0.717) is 20.9 Å². The largest absolute Gasteiger partial charge is 0.348 e. The van der Waals surface area contributed by atoms with E-state index in [9.17, 15) is 9.59 Å². The van der Waals surface area contributed by atoms with Crippen molar-refractivity contribution in [3.8, 4) is 0 Å². The molecule has 8 heteroatoms. The maximum absolute atomic E-state index is 12.4. The molecule has 3 aromatic rings. The van der Waals surface area contributed by atoms with Crippen LogP contribution < -0.4 is 10.9 Å². The van der Waals surface area contributed by atoms with Crippen molar-refractivity contribution in [3.05, 3.63) is 68.4 Å². The molecule has 1 heterocycles. The predicted molar refractivity (Wildman–Crippen MR) is 96.8 cm³/mol. The van der Waals surface area contributed by atoms with Crippen molar-refractivity contribution < 1.29 is 4.79 Å². The van der Waals surface area contributed by atoms with Crippen LogP contribution in [-0.2, 0) is 11.3 Å². The summed E-state index contributed by atoms with van der Waals surface area (Å²) >= 11 is 12.0. The van der Waals surface area contributed by atoms with E-state index in [-0.39, 0.29) is 24.1 Å². The van der Waals surface area contributed by atoms with E-state index in [1.165, 1.54) is 0 Å². The number of nitrogens with one attached hydrogen (secondary N) is 1. The summed E-state index contributed by atoms with van der Waals surface area (Å²) in [7, 11) is 0. The smallest absolute Gasteiger partial charge is 0.278 e. The van der Waals surface area contributed by atoms with E-state index in [2.05, 4.69) is 15.6 Å². The predicted octanol–water partition coefficient (Wildman–Crippen LogP) is 2.98. The Morgan fingerprint density at radius 3 is 2.76 bits per heavy atom. The number of amides is 1. The second-order valence-corrected chi connectivity index (χ2v) is 6.37. The lowest BCUT2D eigenvalue weighted by atomic mass is 10.1. The van der Waals surface area contributed by atoms with Crippen LogP contribution in [-0.4, -0.2) is 20.9 Å². The molecule has 0 spiro atoms. The Hall–Kier alpha value is -2.44. The summed E-state index contributed by atoms with van der Waals surface area (Å²) in [5, 5.41) is 11.9. The monoisotopic (exact) mass is 376 g/mol. The number of rotatable bonds is 4. The van der Waals surface area contributed by atoms with Gasteiger partial charge in [-0.15, -0.1) is 5.10 Å². The fourth-order valence-corrected chi connectivity index (χ4v) is 3.05. The van der Waals surface area contributed by atoms with Gasteiger partial charge >= 0.3 is 0 Å². The number of aromatic nitrogens is 3. The summed E-state index contributed by atoms with van der Waals surface area (Å²) in [6.07, 6.45) is 0. The molecule has 1 amide bonds. The van der Waals surface area contributed by atoms with Gasteiger partial charge in [-0.25, -0.2) is 4.68 Å². The maximum Gasteiger partial charge on any atom is 0.278 e. The zero-order valence-electron chi connectivity index (χ0n) is 13.2. The number of carbonyl (C=O) groups is 1. The van der Waals surface area contributed by atoms with Crippen LogP contribution in [0, 0.1) is 0 Å². The molecule has 0 unspecified atom stereocenters. The number of carbonyl (C=O) groups excluding carboxylic acids is 1. The second-order valence-electron chi connectivity index (χ2n) is 5.52. The van der Waals surface area contributed by atoms with Gasteiger partial charge in [0.2, 0.25) is 5.91 Å². The molecule has 0 bridgehead atoms. The first-order valence-electron chi connectivity index (χ1n) is 7.52. The molecule has 0 aliphatic carbocycles. The minimum Gasteiger partial charge on any atom is -0.348 e. The molecule has 0 aliphatic rings. The Kier molecular flexibility index (Phi) is 5.01. The van der Waals surface area contributed by atoms with Gasteiger partial charge in [0.25, 0.3) is 5.56 Å². The Balaban J connectivity index is 1.76. The van der Waals surface area contributed by atoms with E-state index >= 15 is 0 Å². The molecule has 0 radical (unpaired) electrons. The van der Waals surface area contributed by atoms with Crippen LogP contribution in [0.15, 0.2) is 47.3 Å². The molecule has 3 rings (SSSR count). The molecule has 25 heavy (non-hydrogen) atoms. The number of halogens is 2. The first-order valence-corrected chi connectivity index (χ1v) is 8.28. The van der Waals surface area contributed by atoms with Crippen molar-refractivity contribution in [2.75, 3.05) is 0 Å². The van der Waals surface area contributed by atoms with Crippen LogP contribution in [0.1, 0.15) is 18.5 Å². The molecule has 0 saturated heterocycles. The van der Waals surface area contributed by atoms with Gasteiger partial charge in [0.05, 0.1) is 11.4 Å². The molecular formula is C17H14Cl2N4O2. The Morgan fingerprint density at radius 1 is 1.24 bits per heavy atom.